The molecule has 4 aliphatic carbocycles. The van der Waals surface area contributed by atoms with Crippen molar-refractivity contribution < 1.29 is 39.4 Å². The van der Waals surface area contributed by atoms with Gasteiger partial charge in [0, 0.05) is 12.3 Å². The zero-order valence-corrected chi connectivity index (χ0v) is 25.5. The number of aliphatic hydroxyl groups is 4. The quantitative estimate of drug-likeness (QED) is 0.375. The molecule has 0 unspecified atom stereocenters. The summed E-state index contributed by atoms with van der Waals surface area (Å²) in [7, 11) is 0. The summed E-state index contributed by atoms with van der Waals surface area (Å²) >= 11 is 0. The predicted octanol–water partition coefficient (Wildman–Crippen LogP) is 3.62. The first-order chi connectivity index (χ1) is 19.5. The molecule has 7 aliphatic rings. The second-order valence-electron chi connectivity index (χ2n) is 15.9. The van der Waals surface area contributed by atoms with Gasteiger partial charge >= 0.3 is 0 Å². The summed E-state index contributed by atoms with van der Waals surface area (Å²) in [6.45, 7) is 10.3. The Morgan fingerprint density at radius 1 is 0.829 bits per heavy atom. The highest BCUT2D eigenvalue weighted by Crippen LogP contribution is 2.71. The zero-order valence-electron chi connectivity index (χ0n) is 25.5. The summed E-state index contributed by atoms with van der Waals surface area (Å²) in [5.74, 6) is 4.08. The van der Waals surface area contributed by atoms with Gasteiger partial charge in [-0.15, -0.1) is 0 Å². The van der Waals surface area contributed by atoms with E-state index in [9.17, 15) is 20.4 Å². The molecule has 41 heavy (non-hydrogen) atoms. The molecular formula is C33H54O8. The molecule has 3 heterocycles. The van der Waals surface area contributed by atoms with Crippen molar-refractivity contribution in [2.75, 3.05) is 13.2 Å². The minimum atomic E-state index is -1.40. The molecule has 0 bridgehead atoms. The molecule has 4 N–H and O–H groups in total. The van der Waals surface area contributed by atoms with Gasteiger partial charge in [-0.25, -0.2) is 0 Å². The number of hydrogen-bond acceptors (Lipinski definition) is 8. The molecule has 1 spiro atoms. The second kappa shape index (κ2) is 10.4. The maximum atomic E-state index is 10.5. The molecule has 3 aliphatic heterocycles. The lowest BCUT2D eigenvalue weighted by atomic mass is 9.44. The fourth-order valence-corrected chi connectivity index (χ4v) is 11.7. The van der Waals surface area contributed by atoms with Gasteiger partial charge in [0.2, 0.25) is 0 Å². The van der Waals surface area contributed by atoms with Crippen molar-refractivity contribution in [2.24, 2.45) is 52.3 Å². The van der Waals surface area contributed by atoms with Crippen molar-refractivity contribution in [3.63, 3.8) is 0 Å². The Balaban J connectivity index is 1.03. The average Bonchev–Trinajstić information content (AvgIpc) is 3.40. The van der Waals surface area contributed by atoms with Crippen LogP contribution in [0.3, 0.4) is 0 Å². The normalized spacial score (nSPS) is 60.3. The number of ether oxygens (including phenoxy) is 4. The van der Waals surface area contributed by atoms with Crippen molar-refractivity contribution in [2.45, 2.75) is 141 Å². The van der Waals surface area contributed by atoms with Gasteiger partial charge in [-0.2, -0.15) is 0 Å². The van der Waals surface area contributed by atoms with E-state index in [1.165, 1.54) is 38.5 Å². The van der Waals surface area contributed by atoms with E-state index in [0.29, 0.717) is 35.2 Å². The fraction of sp³-hybridized carbons (Fsp3) is 1.00. The second-order valence-corrected chi connectivity index (χ2v) is 15.9. The van der Waals surface area contributed by atoms with Crippen LogP contribution in [0.5, 0.6) is 0 Å². The smallest absolute Gasteiger partial charge is 0.186 e. The predicted molar refractivity (Wildman–Crippen MR) is 150 cm³/mol. The molecular weight excluding hydrogens is 524 g/mol. The van der Waals surface area contributed by atoms with E-state index in [4.69, 9.17) is 18.9 Å². The molecule has 8 heteroatoms. The Morgan fingerprint density at radius 2 is 1.61 bits per heavy atom. The molecule has 7 fully saturated rings. The molecule has 17 atom stereocenters. The first kappa shape index (κ1) is 29.4. The van der Waals surface area contributed by atoms with E-state index in [1.807, 2.05) is 0 Å². The van der Waals surface area contributed by atoms with Crippen LogP contribution in [0.2, 0.25) is 0 Å². The third kappa shape index (κ3) is 4.36. The van der Waals surface area contributed by atoms with Crippen LogP contribution in [0.1, 0.15) is 91.9 Å². The Labute approximate surface area is 245 Å². The van der Waals surface area contributed by atoms with Crippen LogP contribution < -0.4 is 0 Å². The van der Waals surface area contributed by atoms with Crippen LogP contribution >= 0.6 is 0 Å². The maximum absolute atomic E-state index is 10.5. The molecule has 0 aromatic rings. The van der Waals surface area contributed by atoms with E-state index in [0.717, 1.165) is 50.0 Å². The van der Waals surface area contributed by atoms with Gasteiger partial charge < -0.3 is 39.4 Å². The topological polar surface area (TPSA) is 118 Å². The Bertz CT molecular complexity index is 967. The van der Waals surface area contributed by atoms with Crippen molar-refractivity contribution in [3.05, 3.63) is 0 Å². The highest BCUT2D eigenvalue weighted by Gasteiger charge is 2.69. The van der Waals surface area contributed by atoms with Crippen molar-refractivity contribution in [1.82, 2.24) is 0 Å². The van der Waals surface area contributed by atoms with Gasteiger partial charge in [-0.1, -0.05) is 27.7 Å². The largest absolute Gasteiger partial charge is 0.394 e. The molecule has 0 aromatic carbocycles. The van der Waals surface area contributed by atoms with Gasteiger partial charge in [-0.3, -0.25) is 0 Å². The summed E-state index contributed by atoms with van der Waals surface area (Å²) in [6, 6.07) is 0. The first-order valence-electron chi connectivity index (χ1n) is 16.8. The SMILES string of the molecule is C[C@H]1CC[C@@]2(OC1)O[C@H]1C[C@H]3[C@@H]4CC[C@H]5C[C@@H](O[C@@H]6O[C@H](CO)[C@H](O)[C@H](O)[C@H]6O)CC[C@]5(C)[C@H]4CC[C@]3(C)[C@H]1[C@@H]2C. The summed E-state index contributed by atoms with van der Waals surface area (Å²) in [5.41, 5.74) is 0.612. The Morgan fingerprint density at radius 3 is 2.34 bits per heavy atom. The third-order valence-corrected chi connectivity index (χ3v) is 14.1. The van der Waals surface area contributed by atoms with E-state index < -0.39 is 37.3 Å². The van der Waals surface area contributed by atoms with E-state index >= 15 is 0 Å². The van der Waals surface area contributed by atoms with Gasteiger partial charge in [0.05, 0.1) is 25.4 Å². The van der Waals surface area contributed by atoms with Crippen LogP contribution in [-0.4, -0.2) is 82.3 Å². The highest BCUT2D eigenvalue weighted by molar-refractivity contribution is 5.15. The van der Waals surface area contributed by atoms with Crippen LogP contribution in [0.15, 0.2) is 0 Å². The fourth-order valence-electron chi connectivity index (χ4n) is 11.7. The van der Waals surface area contributed by atoms with Crippen LogP contribution in [0.25, 0.3) is 0 Å². The van der Waals surface area contributed by atoms with Crippen LogP contribution in [0, 0.1) is 52.3 Å². The molecule has 7 rings (SSSR count). The molecule has 0 amide bonds. The number of aliphatic hydroxyl groups excluding tert-OH is 4. The van der Waals surface area contributed by atoms with E-state index in [2.05, 4.69) is 27.7 Å². The molecule has 4 saturated carbocycles. The third-order valence-electron chi connectivity index (χ3n) is 14.1. The Kier molecular flexibility index (Phi) is 7.43. The van der Waals surface area contributed by atoms with Gasteiger partial charge in [-0.05, 0) is 104 Å². The Hall–Kier alpha value is -0.320. The highest BCUT2D eigenvalue weighted by atomic mass is 16.7. The number of fused-ring (bicyclic) bond motifs is 7. The lowest BCUT2D eigenvalue weighted by Crippen LogP contribution is -2.60. The molecule has 0 aromatic heterocycles. The number of hydrogen-bond donors (Lipinski definition) is 4. The van der Waals surface area contributed by atoms with Crippen molar-refractivity contribution >= 4 is 0 Å². The minimum absolute atomic E-state index is 0.0607. The van der Waals surface area contributed by atoms with Gasteiger partial charge in [0.25, 0.3) is 0 Å². The zero-order chi connectivity index (χ0) is 28.9. The molecule has 8 nitrogen and oxygen atoms in total. The first-order valence-corrected chi connectivity index (χ1v) is 16.8. The lowest BCUT2D eigenvalue weighted by Gasteiger charge is -2.61. The van der Waals surface area contributed by atoms with E-state index in [-0.39, 0.29) is 17.3 Å². The summed E-state index contributed by atoms with van der Waals surface area (Å²) in [6.07, 6.45) is 5.64. The van der Waals surface area contributed by atoms with Gasteiger partial charge in [0.1, 0.15) is 24.4 Å². The average molecular weight is 579 g/mol. The lowest BCUT2D eigenvalue weighted by molar-refractivity contribution is -0.316. The van der Waals surface area contributed by atoms with Crippen molar-refractivity contribution in [3.8, 4) is 0 Å². The minimum Gasteiger partial charge on any atom is -0.394 e. The van der Waals surface area contributed by atoms with Crippen molar-refractivity contribution in [1.29, 1.82) is 0 Å². The molecule has 0 radical (unpaired) electrons. The van der Waals surface area contributed by atoms with Gasteiger partial charge in [0.15, 0.2) is 12.1 Å². The van der Waals surface area contributed by atoms with E-state index in [1.54, 1.807) is 0 Å². The monoisotopic (exact) mass is 578 g/mol. The maximum Gasteiger partial charge on any atom is 0.186 e. The van der Waals surface area contributed by atoms with Crippen LogP contribution in [0.4, 0.5) is 0 Å². The molecule has 234 valence electrons. The summed E-state index contributed by atoms with van der Waals surface area (Å²) in [5, 5.41) is 40.4. The standard InChI is InChI=1S/C33H54O8/c1-17-7-12-33(38-16-17)18(2)26-24(41-33)14-23-21-6-5-19-13-20(8-10-31(19,3)22(21)9-11-32(23,26)4)39-30-29(37)28(36)27(35)25(15-34)40-30/h17-30,34-37H,5-16H2,1-4H3/t17-,18-,19-,20-,21+,22-,23-,24-,25+,26-,27-,28-,29+,30+,31-,32-,33+/m0/s1. The summed E-state index contributed by atoms with van der Waals surface area (Å²) < 4.78 is 25.4. The summed E-state index contributed by atoms with van der Waals surface area (Å²) in [4.78, 5) is 0. The van der Waals surface area contributed by atoms with Crippen LogP contribution in [-0.2, 0) is 18.9 Å². The number of rotatable bonds is 3. The molecule has 3 saturated heterocycles.